The zero-order valence-electron chi connectivity index (χ0n) is 14.8. The number of rotatable bonds is 4. The Kier molecular flexibility index (Phi) is 10.1. The van der Waals surface area contributed by atoms with Gasteiger partial charge in [-0.25, -0.2) is 0 Å². The molecule has 0 bridgehead atoms. The Bertz CT molecular complexity index is 674. The van der Waals surface area contributed by atoms with Crippen LogP contribution >= 0.6 is 27.9 Å². The molecule has 0 radical (unpaired) electrons. The molecule has 0 amide bonds. The number of hydrogen-bond donors (Lipinski definition) is 1. The third kappa shape index (κ3) is 7.72. The summed E-state index contributed by atoms with van der Waals surface area (Å²) >= 11 is -1.92. The van der Waals surface area contributed by atoms with E-state index in [2.05, 4.69) is 45.9 Å². The van der Waals surface area contributed by atoms with E-state index >= 15 is 0 Å². The number of hydrogen-bond acceptors (Lipinski definition) is 2. The number of nitrogens with zero attached hydrogens (tertiary/aromatic N) is 1. The van der Waals surface area contributed by atoms with Crippen LogP contribution in [-0.2, 0) is 14.7 Å². The van der Waals surface area contributed by atoms with Crippen molar-refractivity contribution < 1.29 is 19.8 Å². The average Bonchev–Trinajstić information content (AvgIpc) is 2.53. The monoisotopic (exact) mass is 434 g/mol. The number of aromatic hydroxyl groups is 1. The van der Waals surface area contributed by atoms with Gasteiger partial charge in [-0.05, 0) is 35.1 Å². The number of para-hydroxylation sites is 2. The Morgan fingerprint density at radius 2 is 1.36 bits per heavy atom. The summed E-state index contributed by atoms with van der Waals surface area (Å²) in [6, 6.07) is 13.6. The number of benzene rings is 2. The predicted octanol–water partition coefficient (Wildman–Crippen LogP) is 7.46. The van der Waals surface area contributed by atoms with Gasteiger partial charge in [0, 0.05) is 11.8 Å². The van der Waals surface area contributed by atoms with E-state index in [9.17, 15) is 5.11 Å². The van der Waals surface area contributed by atoms with Crippen molar-refractivity contribution in [1.29, 1.82) is 0 Å². The molecule has 0 aliphatic carbocycles. The van der Waals surface area contributed by atoms with Crippen molar-refractivity contribution in [2.75, 3.05) is 0 Å². The third-order valence-electron chi connectivity index (χ3n) is 3.61. The third-order valence-corrected chi connectivity index (χ3v) is 3.61. The van der Waals surface area contributed by atoms with Crippen LogP contribution in [0.3, 0.4) is 0 Å². The van der Waals surface area contributed by atoms with E-state index in [-0.39, 0.29) is 5.75 Å². The second-order valence-corrected chi connectivity index (χ2v) is 13.9. The van der Waals surface area contributed by atoms with Gasteiger partial charge >= 0.3 is 42.6 Å². The summed E-state index contributed by atoms with van der Waals surface area (Å²) in [5.41, 5.74) is 4.26. The summed E-state index contributed by atoms with van der Waals surface area (Å²) in [7, 11) is 14.9. The molecule has 0 saturated carbocycles. The van der Waals surface area contributed by atoms with Crippen LogP contribution in [0.15, 0.2) is 47.5 Å². The number of aliphatic imine (C=N–C) groups is 1. The van der Waals surface area contributed by atoms with E-state index in [4.69, 9.17) is 32.9 Å². The minimum atomic E-state index is -1.92. The second-order valence-electron chi connectivity index (χ2n) is 6.13. The summed E-state index contributed by atoms with van der Waals surface area (Å²) in [4.78, 5) is 4.69. The normalized spacial score (nSPS) is 10.9. The predicted molar refractivity (Wildman–Crippen MR) is 108 cm³/mol. The van der Waals surface area contributed by atoms with E-state index in [1.807, 2.05) is 18.2 Å². The molecule has 0 aliphatic heterocycles. The molecule has 0 atom stereocenters. The van der Waals surface area contributed by atoms with Crippen LogP contribution in [0.5, 0.6) is 5.75 Å². The average molecular weight is 436 g/mol. The van der Waals surface area contributed by atoms with Gasteiger partial charge in [0.1, 0.15) is 5.75 Å². The Morgan fingerprint density at radius 3 is 1.80 bits per heavy atom. The van der Waals surface area contributed by atoms with Crippen molar-refractivity contribution in [2.24, 2.45) is 4.99 Å². The van der Waals surface area contributed by atoms with Crippen LogP contribution < -0.4 is 0 Å². The first-order chi connectivity index (χ1) is 11.7. The van der Waals surface area contributed by atoms with Crippen molar-refractivity contribution in [3.63, 3.8) is 0 Å². The summed E-state index contributed by atoms with van der Waals surface area (Å²) in [5.74, 6) is 1.09. The number of phenols is 1. The van der Waals surface area contributed by atoms with Crippen LogP contribution in [0, 0.1) is 0 Å². The molecule has 0 heterocycles. The zero-order valence-corrected chi connectivity index (χ0v) is 18.6. The molecular weight excluding hydrogens is 412 g/mol. The van der Waals surface area contributed by atoms with Gasteiger partial charge in [-0.3, -0.25) is 4.99 Å². The van der Waals surface area contributed by atoms with Crippen LogP contribution in [0.1, 0.15) is 56.2 Å². The molecule has 2 aromatic carbocycles. The molecule has 1 N–H and O–H groups in total. The number of halogens is 3. The summed E-state index contributed by atoms with van der Waals surface area (Å²) < 4.78 is 0. The first kappa shape index (κ1) is 22.5. The molecule has 2 rings (SSSR count). The van der Waals surface area contributed by atoms with Crippen LogP contribution in [0.25, 0.3) is 0 Å². The fourth-order valence-corrected chi connectivity index (χ4v) is 2.39. The SMILES string of the molecule is CC(C)c1cccc(C(C)C)c1N=Cc1ccccc1O.[Cl][Ti]([Cl])[Cl]. The van der Waals surface area contributed by atoms with Gasteiger partial charge < -0.3 is 5.11 Å². The molecule has 0 aliphatic rings. The second kappa shape index (κ2) is 11.3. The standard InChI is InChI=1S/C19H23NO.3ClH.Ti/c1-13(2)16-9-7-10-17(14(3)4)19(16)20-12-15-8-5-6-11-18(15)21;;;;/h5-14,21H,1-4H3;3*1H;/q;;;;+3/p-3. The van der Waals surface area contributed by atoms with Gasteiger partial charge in [0.25, 0.3) is 0 Å². The van der Waals surface area contributed by atoms with Gasteiger partial charge in [0.15, 0.2) is 0 Å². The Morgan fingerprint density at radius 1 is 0.880 bits per heavy atom. The van der Waals surface area contributed by atoms with Crippen molar-refractivity contribution in [2.45, 2.75) is 39.5 Å². The molecule has 0 saturated heterocycles. The molecule has 2 nitrogen and oxygen atoms in total. The first-order valence-electron chi connectivity index (χ1n) is 8.02. The topological polar surface area (TPSA) is 32.6 Å². The van der Waals surface area contributed by atoms with Crippen molar-refractivity contribution >= 4 is 39.8 Å². The van der Waals surface area contributed by atoms with Gasteiger partial charge in [-0.1, -0.05) is 58.0 Å². The van der Waals surface area contributed by atoms with Crippen LogP contribution in [0.4, 0.5) is 5.69 Å². The molecule has 0 unspecified atom stereocenters. The van der Waals surface area contributed by atoms with E-state index < -0.39 is 14.7 Å². The summed E-state index contributed by atoms with van der Waals surface area (Å²) in [6.07, 6.45) is 1.75. The van der Waals surface area contributed by atoms with Crippen LogP contribution in [0.2, 0.25) is 0 Å². The molecule has 0 aromatic heterocycles. The fourth-order valence-electron chi connectivity index (χ4n) is 2.39. The Labute approximate surface area is 168 Å². The van der Waals surface area contributed by atoms with Crippen molar-refractivity contribution in [3.05, 3.63) is 59.2 Å². The fraction of sp³-hybridized carbons (Fsp3) is 0.316. The van der Waals surface area contributed by atoms with E-state index in [0.29, 0.717) is 11.8 Å². The maximum absolute atomic E-state index is 9.85. The van der Waals surface area contributed by atoms with E-state index in [1.165, 1.54) is 11.1 Å². The van der Waals surface area contributed by atoms with Gasteiger partial charge in [-0.2, -0.15) is 0 Å². The molecular formula is C19H23Cl3NOTi. The van der Waals surface area contributed by atoms with Crippen molar-refractivity contribution in [3.8, 4) is 5.75 Å². The molecule has 0 fully saturated rings. The van der Waals surface area contributed by atoms with E-state index in [0.717, 1.165) is 11.3 Å². The Hall–Kier alpha value is -0.506. The van der Waals surface area contributed by atoms with Gasteiger partial charge in [0.2, 0.25) is 0 Å². The molecule has 0 spiro atoms. The summed E-state index contributed by atoms with van der Waals surface area (Å²) in [5, 5.41) is 9.85. The zero-order chi connectivity index (χ0) is 19.0. The maximum atomic E-state index is 9.85. The van der Waals surface area contributed by atoms with Gasteiger partial charge in [-0.15, -0.1) is 0 Å². The van der Waals surface area contributed by atoms with Crippen LogP contribution in [-0.4, -0.2) is 11.3 Å². The van der Waals surface area contributed by atoms with Crippen molar-refractivity contribution in [1.82, 2.24) is 0 Å². The molecule has 6 heteroatoms. The number of phenolic OH excluding ortho intramolecular Hbond substituents is 1. The Balaban J connectivity index is 0.000000705. The molecule has 135 valence electrons. The molecule has 25 heavy (non-hydrogen) atoms. The summed E-state index contributed by atoms with van der Waals surface area (Å²) in [6.45, 7) is 8.72. The molecule has 2 aromatic rings. The van der Waals surface area contributed by atoms with Gasteiger partial charge in [0.05, 0.1) is 5.69 Å². The first-order valence-corrected chi connectivity index (χ1v) is 14.5. The quantitative estimate of drug-likeness (QED) is 0.392. The minimum absolute atomic E-state index is 0.259. The van der Waals surface area contributed by atoms with E-state index in [1.54, 1.807) is 12.3 Å².